The standard InChI is InChI=1S/C25H28F3N5/c1-3-33(23-11-7-4-8-18(23)2)32-24(16-22(29)19-12-14-30-15-13-19)31-17-20-9-5-6-10-21(20)25(26,27)28/h4-14,16,30H,3,15,17,29H2,1-2H3,(H,31,32)/b22-16-. The molecule has 2 aromatic carbocycles. The lowest BCUT2D eigenvalue weighted by atomic mass is 10.1. The third kappa shape index (κ3) is 6.41. The lowest BCUT2D eigenvalue weighted by Crippen LogP contribution is -2.42. The molecule has 174 valence electrons. The van der Waals surface area contributed by atoms with Crippen molar-refractivity contribution in [3.63, 3.8) is 0 Å². The molecule has 33 heavy (non-hydrogen) atoms. The number of hydrogen-bond donors (Lipinski definition) is 3. The summed E-state index contributed by atoms with van der Waals surface area (Å²) >= 11 is 0. The maximum Gasteiger partial charge on any atom is 0.416 e. The second-order valence-electron chi connectivity index (χ2n) is 7.50. The van der Waals surface area contributed by atoms with Crippen LogP contribution in [0.15, 0.2) is 89.2 Å². The van der Waals surface area contributed by atoms with E-state index in [-0.39, 0.29) is 12.1 Å². The zero-order valence-electron chi connectivity index (χ0n) is 18.7. The van der Waals surface area contributed by atoms with Gasteiger partial charge in [-0.25, -0.2) is 0 Å². The van der Waals surface area contributed by atoms with Gasteiger partial charge in [-0.3, -0.25) is 15.4 Å². The normalized spacial score (nSPS) is 14.5. The van der Waals surface area contributed by atoms with Crippen LogP contribution in [0.1, 0.15) is 23.6 Å². The van der Waals surface area contributed by atoms with Gasteiger partial charge in [0.15, 0.2) is 0 Å². The summed E-state index contributed by atoms with van der Waals surface area (Å²) in [6.07, 6.45) is 2.77. The summed E-state index contributed by atoms with van der Waals surface area (Å²) in [6, 6.07) is 13.3. The van der Waals surface area contributed by atoms with Crippen LogP contribution in [0.3, 0.4) is 0 Å². The van der Waals surface area contributed by atoms with E-state index in [1.807, 2.05) is 55.3 Å². The van der Waals surface area contributed by atoms with Gasteiger partial charge in [-0.15, -0.1) is 0 Å². The Morgan fingerprint density at radius 2 is 1.91 bits per heavy atom. The number of nitrogens with two attached hydrogens (primary N) is 1. The summed E-state index contributed by atoms with van der Waals surface area (Å²) in [5, 5.41) is 4.95. The topological polar surface area (TPSA) is 65.7 Å². The largest absolute Gasteiger partial charge is 0.416 e. The molecule has 3 rings (SSSR count). The van der Waals surface area contributed by atoms with E-state index in [2.05, 4.69) is 15.7 Å². The van der Waals surface area contributed by atoms with Crippen LogP contribution in [0.2, 0.25) is 0 Å². The highest BCUT2D eigenvalue weighted by molar-refractivity contribution is 5.95. The number of dihydropyridines is 1. The van der Waals surface area contributed by atoms with E-state index in [9.17, 15) is 13.2 Å². The van der Waals surface area contributed by atoms with Gasteiger partial charge in [-0.2, -0.15) is 13.2 Å². The van der Waals surface area contributed by atoms with Crippen molar-refractivity contribution in [1.82, 2.24) is 10.7 Å². The second kappa shape index (κ2) is 10.8. The second-order valence-corrected chi connectivity index (χ2v) is 7.50. The minimum atomic E-state index is -4.45. The molecule has 0 aromatic heterocycles. The molecule has 0 fully saturated rings. The van der Waals surface area contributed by atoms with Crippen LogP contribution in [-0.4, -0.2) is 18.9 Å². The highest BCUT2D eigenvalue weighted by atomic mass is 19.4. The highest BCUT2D eigenvalue weighted by Gasteiger charge is 2.32. The number of aliphatic imine (C=N–C) groups is 1. The average Bonchev–Trinajstić information content (AvgIpc) is 2.81. The number of alkyl halides is 3. The first kappa shape index (κ1) is 24.0. The van der Waals surface area contributed by atoms with E-state index in [0.29, 0.717) is 24.6 Å². The molecule has 8 heteroatoms. The van der Waals surface area contributed by atoms with Gasteiger partial charge in [-0.1, -0.05) is 42.5 Å². The summed E-state index contributed by atoms with van der Waals surface area (Å²) < 4.78 is 40.3. The van der Waals surface area contributed by atoms with Crippen molar-refractivity contribution < 1.29 is 13.2 Å². The minimum absolute atomic E-state index is 0.0937. The summed E-state index contributed by atoms with van der Waals surface area (Å²) in [7, 11) is 0. The number of hydrazine groups is 1. The first-order valence-electron chi connectivity index (χ1n) is 10.7. The molecule has 0 saturated heterocycles. The molecule has 1 aliphatic rings. The van der Waals surface area contributed by atoms with Crippen molar-refractivity contribution in [2.75, 3.05) is 18.1 Å². The number of amidine groups is 1. The number of halogens is 3. The third-order valence-corrected chi connectivity index (χ3v) is 5.16. The first-order chi connectivity index (χ1) is 15.8. The van der Waals surface area contributed by atoms with Gasteiger partial charge in [0.1, 0.15) is 5.84 Å². The summed E-state index contributed by atoms with van der Waals surface area (Å²) in [6.45, 7) is 5.06. The highest BCUT2D eigenvalue weighted by Crippen LogP contribution is 2.32. The molecule has 0 atom stereocenters. The van der Waals surface area contributed by atoms with Crippen LogP contribution in [0.5, 0.6) is 0 Å². The molecule has 0 spiro atoms. The number of allylic oxidation sites excluding steroid dienone is 1. The van der Waals surface area contributed by atoms with Crippen molar-refractivity contribution in [2.45, 2.75) is 26.6 Å². The van der Waals surface area contributed by atoms with Gasteiger partial charge in [0.25, 0.3) is 0 Å². The van der Waals surface area contributed by atoms with Crippen LogP contribution in [0.4, 0.5) is 18.9 Å². The Labute approximate surface area is 192 Å². The number of benzene rings is 2. The number of rotatable bonds is 7. The number of anilines is 1. The molecule has 2 aromatic rings. The number of nitrogens with zero attached hydrogens (tertiary/aromatic N) is 2. The van der Waals surface area contributed by atoms with E-state index in [1.54, 1.807) is 18.3 Å². The lowest BCUT2D eigenvalue weighted by Gasteiger charge is -2.27. The molecule has 0 saturated carbocycles. The molecule has 0 amide bonds. The predicted octanol–water partition coefficient (Wildman–Crippen LogP) is 4.83. The van der Waals surface area contributed by atoms with Crippen LogP contribution in [-0.2, 0) is 12.7 Å². The summed E-state index contributed by atoms with van der Waals surface area (Å²) in [5.41, 5.74) is 12.2. The Morgan fingerprint density at radius 3 is 2.58 bits per heavy atom. The summed E-state index contributed by atoms with van der Waals surface area (Å²) in [5.74, 6) is 0.363. The molecule has 0 bridgehead atoms. The molecule has 1 aliphatic heterocycles. The average molecular weight is 456 g/mol. The van der Waals surface area contributed by atoms with Gasteiger partial charge in [0.05, 0.1) is 17.8 Å². The quantitative estimate of drug-likeness (QED) is 0.318. The zero-order chi connectivity index (χ0) is 23.8. The molecule has 0 radical (unpaired) electrons. The van der Waals surface area contributed by atoms with Crippen LogP contribution in [0, 0.1) is 6.92 Å². The van der Waals surface area contributed by atoms with Crippen molar-refractivity contribution in [2.24, 2.45) is 10.7 Å². The fourth-order valence-electron chi connectivity index (χ4n) is 3.43. The molecular weight excluding hydrogens is 427 g/mol. The lowest BCUT2D eigenvalue weighted by molar-refractivity contribution is -0.138. The smallest absolute Gasteiger partial charge is 0.398 e. The maximum absolute atomic E-state index is 13.4. The Bertz CT molecular complexity index is 1080. The van der Waals surface area contributed by atoms with Crippen molar-refractivity contribution in [1.29, 1.82) is 0 Å². The Hall–Kier alpha value is -3.68. The van der Waals surface area contributed by atoms with Gasteiger partial charge >= 0.3 is 6.18 Å². The van der Waals surface area contributed by atoms with Crippen LogP contribution in [0.25, 0.3) is 0 Å². The molecule has 1 heterocycles. The van der Waals surface area contributed by atoms with Crippen molar-refractivity contribution >= 4 is 11.5 Å². The van der Waals surface area contributed by atoms with Gasteiger partial charge in [0, 0.05) is 24.9 Å². The van der Waals surface area contributed by atoms with Crippen molar-refractivity contribution in [3.05, 3.63) is 101 Å². The van der Waals surface area contributed by atoms with E-state index in [4.69, 9.17) is 5.73 Å². The SMILES string of the molecule is CCN(NC(/C=C(\N)C1=CCNC=C1)=NCc1ccccc1C(F)(F)F)c1ccccc1C. The Balaban J connectivity index is 1.96. The number of para-hydroxylation sites is 1. The molecule has 0 unspecified atom stereocenters. The minimum Gasteiger partial charge on any atom is -0.398 e. The van der Waals surface area contributed by atoms with Gasteiger partial charge in [0.2, 0.25) is 0 Å². The number of aryl methyl sites for hydroxylation is 1. The van der Waals surface area contributed by atoms with Crippen LogP contribution >= 0.6 is 0 Å². The fourth-order valence-corrected chi connectivity index (χ4v) is 3.43. The van der Waals surface area contributed by atoms with E-state index >= 15 is 0 Å². The molecule has 4 N–H and O–H groups in total. The number of hydrogen-bond acceptors (Lipinski definition) is 4. The monoisotopic (exact) mass is 455 g/mol. The fraction of sp³-hybridized carbons (Fsp3) is 0.240. The first-order valence-corrected chi connectivity index (χ1v) is 10.7. The zero-order valence-corrected chi connectivity index (χ0v) is 18.7. The molecule has 0 aliphatic carbocycles. The molecular formula is C25H28F3N5. The van der Waals surface area contributed by atoms with Crippen molar-refractivity contribution in [3.8, 4) is 0 Å². The maximum atomic E-state index is 13.4. The van der Waals surface area contributed by atoms with Crippen LogP contribution < -0.4 is 21.5 Å². The molecule has 5 nitrogen and oxygen atoms in total. The predicted molar refractivity (Wildman–Crippen MR) is 127 cm³/mol. The number of nitrogens with one attached hydrogen (secondary N) is 2. The Morgan fingerprint density at radius 1 is 1.18 bits per heavy atom. The van der Waals surface area contributed by atoms with E-state index in [0.717, 1.165) is 22.9 Å². The Kier molecular flexibility index (Phi) is 7.82. The summed E-state index contributed by atoms with van der Waals surface area (Å²) in [4.78, 5) is 4.49. The third-order valence-electron chi connectivity index (χ3n) is 5.16. The van der Waals surface area contributed by atoms with E-state index < -0.39 is 11.7 Å². The van der Waals surface area contributed by atoms with Gasteiger partial charge in [-0.05, 0) is 55.0 Å². The van der Waals surface area contributed by atoms with Gasteiger partial charge < -0.3 is 11.1 Å². The van der Waals surface area contributed by atoms with E-state index in [1.165, 1.54) is 12.1 Å².